The van der Waals surface area contributed by atoms with E-state index in [9.17, 15) is 4.79 Å². The van der Waals surface area contributed by atoms with Crippen LogP contribution in [0.2, 0.25) is 0 Å². The molecule has 1 fully saturated rings. The molecule has 5 heteroatoms. The Bertz CT molecular complexity index is 601. The zero-order valence-electron chi connectivity index (χ0n) is 11.2. The van der Waals surface area contributed by atoms with Gasteiger partial charge in [-0.25, -0.2) is 4.98 Å². The van der Waals surface area contributed by atoms with Crippen molar-refractivity contribution >= 4 is 5.91 Å². The number of carbonyl (C=O) groups is 1. The SMILES string of the molecule is NC(=O)Cn1cnc(-c2ccccc2)c1C1CCOC1. The number of primary amides is 1. The normalized spacial score (nSPS) is 18.3. The van der Waals surface area contributed by atoms with Crippen LogP contribution in [0, 0.1) is 0 Å². The lowest BCUT2D eigenvalue weighted by Gasteiger charge is -2.13. The zero-order valence-corrected chi connectivity index (χ0v) is 11.2. The number of hydrogen-bond donors (Lipinski definition) is 1. The van der Waals surface area contributed by atoms with E-state index in [4.69, 9.17) is 10.5 Å². The Kier molecular flexibility index (Phi) is 3.52. The smallest absolute Gasteiger partial charge is 0.237 e. The number of nitrogens with two attached hydrogens (primary N) is 1. The molecule has 1 saturated heterocycles. The summed E-state index contributed by atoms with van der Waals surface area (Å²) in [6, 6.07) is 9.99. The van der Waals surface area contributed by atoms with Gasteiger partial charge < -0.3 is 15.0 Å². The molecule has 1 aromatic carbocycles. The van der Waals surface area contributed by atoms with E-state index in [0.717, 1.165) is 30.0 Å². The summed E-state index contributed by atoms with van der Waals surface area (Å²) in [4.78, 5) is 15.7. The Morgan fingerprint density at radius 1 is 1.40 bits per heavy atom. The molecular formula is C15H17N3O2. The summed E-state index contributed by atoms with van der Waals surface area (Å²) in [5, 5.41) is 0. The molecule has 0 saturated carbocycles. The molecule has 20 heavy (non-hydrogen) atoms. The zero-order chi connectivity index (χ0) is 13.9. The van der Waals surface area contributed by atoms with E-state index >= 15 is 0 Å². The number of benzene rings is 1. The van der Waals surface area contributed by atoms with Crippen LogP contribution in [0.15, 0.2) is 36.7 Å². The van der Waals surface area contributed by atoms with Crippen molar-refractivity contribution < 1.29 is 9.53 Å². The van der Waals surface area contributed by atoms with Crippen molar-refractivity contribution in [2.75, 3.05) is 13.2 Å². The van der Waals surface area contributed by atoms with Gasteiger partial charge in [-0.05, 0) is 6.42 Å². The molecule has 1 amide bonds. The molecule has 1 aliphatic rings. The number of aromatic nitrogens is 2. The average molecular weight is 271 g/mol. The van der Waals surface area contributed by atoms with Gasteiger partial charge >= 0.3 is 0 Å². The summed E-state index contributed by atoms with van der Waals surface area (Å²) in [6.07, 6.45) is 2.64. The summed E-state index contributed by atoms with van der Waals surface area (Å²) in [6.45, 7) is 1.58. The Hall–Kier alpha value is -2.14. The van der Waals surface area contributed by atoms with Gasteiger partial charge in [-0.2, -0.15) is 0 Å². The van der Waals surface area contributed by atoms with Crippen molar-refractivity contribution in [2.45, 2.75) is 18.9 Å². The highest BCUT2D eigenvalue weighted by Gasteiger charge is 2.26. The van der Waals surface area contributed by atoms with Crippen LogP contribution in [0.25, 0.3) is 11.3 Å². The van der Waals surface area contributed by atoms with Crippen molar-refractivity contribution in [1.82, 2.24) is 9.55 Å². The molecular weight excluding hydrogens is 254 g/mol. The van der Waals surface area contributed by atoms with Crippen LogP contribution < -0.4 is 5.73 Å². The molecule has 2 N–H and O–H groups in total. The van der Waals surface area contributed by atoms with E-state index < -0.39 is 0 Å². The van der Waals surface area contributed by atoms with E-state index in [2.05, 4.69) is 4.98 Å². The van der Waals surface area contributed by atoms with Crippen molar-refractivity contribution in [3.63, 3.8) is 0 Å². The standard InChI is InChI=1S/C15H17N3O2/c16-13(19)8-18-10-17-14(11-4-2-1-3-5-11)15(18)12-6-7-20-9-12/h1-5,10,12H,6-9H2,(H2,16,19). The number of imidazole rings is 1. The summed E-state index contributed by atoms with van der Waals surface area (Å²) >= 11 is 0. The topological polar surface area (TPSA) is 70.1 Å². The van der Waals surface area contributed by atoms with Crippen LogP contribution in [-0.2, 0) is 16.1 Å². The fourth-order valence-corrected chi connectivity index (χ4v) is 2.68. The van der Waals surface area contributed by atoms with E-state index in [1.165, 1.54) is 0 Å². The number of amides is 1. The molecule has 1 atom stereocenters. The molecule has 104 valence electrons. The van der Waals surface area contributed by atoms with Crippen molar-refractivity contribution in [3.8, 4) is 11.3 Å². The summed E-state index contributed by atoms with van der Waals surface area (Å²) in [7, 11) is 0. The van der Waals surface area contributed by atoms with Crippen LogP contribution in [0.5, 0.6) is 0 Å². The number of nitrogens with zero attached hydrogens (tertiary/aromatic N) is 2. The minimum Gasteiger partial charge on any atom is -0.381 e. The van der Waals surface area contributed by atoms with Gasteiger partial charge in [-0.1, -0.05) is 30.3 Å². The van der Waals surface area contributed by atoms with Gasteiger partial charge in [0.15, 0.2) is 0 Å². The lowest BCUT2D eigenvalue weighted by atomic mass is 9.99. The van der Waals surface area contributed by atoms with Gasteiger partial charge in [0, 0.05) is 18.1 Å². The van der Waals surface area contributed by atoms with Crippen molar-refractivity contribution in [3.05, 3.63) is 42.4 Å². The predicted molar refractivity (Wildman–Crippen MR) is 75.0 cm³/mol. The molecule has 1 aromatic heterocycles. The molecule has 3 rings (SSSR count). The summed E-state index contributed by atoms with van der Waals surface area (Å²) < 4.78 is 7.33. The van der Waals surface area contributed by atoms with E-state index in [-0.39, 0.29) is 18.4 Å². The lowest BCUT2D eigenvalue weighted by Crippen LogP contribution is -2.20. The molecule has 0 aliphatic carbocycles. The first-order valence-corrected chi connectivity index (χ1v) is 6.72. The third-order valence-electron chi connectivity index (χ3n) is 3.57. The van der Waals surface area contributed by atoms with Gasteiger partial charge in [0.1, 0.15) is 6.54 Å². The molecule has 1 aliphatic heterocycles. The van der Waals surface area contributed by atoms with Gasteiger partial charge in [0.2, 0.25) is 5.91 Å². The molecule has 0 radical (unpaired) electrons. The minimum absolute atomic E-state index is 0.158. The third-order valence-corrected chi connectivity index (χ3v) is 3.57. The molecule has 2 aromatic rings. The van der Waals surface area contributed by atoms with Crippen molar-refractivity contribution in [1.29, 1.82) is 0 Å². The van der Waals surface area contributed by atoms with Gasteiger partial charge in [0.25, 0.3) is 0 Å². The van der Waals surface area contributed by atoms with Gasteiger partial charge in [0.05, 0.1) is 24.3 Å². The van der Waals surface area contributed by atoms with Crippen molar-refractivity contribution in [2.24, 2.45) is 5.73 Å². The number of ether oxygens (including phenoxy) is 1. The average Bonchev–Trinajstić information content (AvgIpc) is 3.07. The fraction of sp³-hybridized carbons (Fsp3) is 0.333. The van der Waals surface area contributed by atoms with Crippen LogP contribution in [0.4, 0.5) is 0 Å². The fourth-order valence-electron chi connectivity index (χ4n) is 2.68. The molecule has 2 heterocycles. The second kappa shape index (κ2) is 5.46. The van der Waals surface area contributed by atoms with E-state index in [1.54, 1.807) is 6.33 Å². The first kappa shape index (κ1) is 12.9. The Morgan fingerprint density at radius 2 is 2.20 bits per heavy atom. The van der Waals surface area contributed by atoms with Crippen LogP contribution in [0.1, 0.15) is 18.0 Å². The second-order valence-electron chi connectivity index (χ2n) is 5.00. The highest BCUT2D eigenvalue weighted by atomic mass is 16.5. The summed E-state index contributed by atoms with van der Waals surface area (Å²) in [5.74, 6) is -0.0887. The van der Waals surface area contributed by atoms with Gasteiger partial charge in [-0.15, -0.1) is 0 Å². The maximum absolute atomic E-state index is 11.2. The Morgan fingerprint density at radius 3 is 2.85 bits per heavy atom. The van der Waals surface area contributed by atoms with Crippen LogP contribution >= 0.6 is 0 Å². The molecule has 5 nitrogen and oxygen atoms in total. The largest absolute Gasteiger partial charge is 0.381 e. The molecule has 0 spiro atoms. The molecule has 1 unspecified atom stereocenters. The first-order valence-electron chi connectivity index (χ1n) is 6.72. The second-order valence-corrected chi connectivity index (χ2v) is 5.00. The first-order chi connectivity index (χ1) is 9.75. The minimum atomic E-state index is -0.359. The highest BCUT2D eigenvalue weighted by molar-refractivity contribution is 5.74. The molecule has 0 bridgehead atoms. The number of carbonyl (C=O) groups excluding carboxylic acids is 1. The third kappa shape index (κ3) is 2.44. The predicted octanol–water partition coefficient (Wildman–Crippen LogP) is 1.54. The number of hydrogen-bond acceptors (Lipinski definition) is 3. The highest BCUT2D eigenvalue weighted by Crippen LogP contribution is 2.33. The van der Waals surface area contributed by atoms with E-state index in [1.807, 2.05) is 34.9 Å². The quantitative estimate of drug-likeness (QED) is 0.917. The van der Waals surface area contributed by atoms with Gasteiger partial charge in [-0.3, -0.25) is 4.79 Å². The maximum atomic E-state index is 11.2. The maximum Gasteiger partial charge on any atom is 0.237 e. The monoisotopic (exact) mass is 271 g/mol. The Balaban J connectivity index is 2.05. The van der Waals surface area contributed by atoms with E-state index in [0.29, 0.717) is 6.61 Å². The van der Waals surface area contributed by atoms with Crippen LogP contribution in [0.3, 0.4) is 0 Å². The number of rotatable bonds is 4. The lowest BCUT2D eigenvalue weighted by molar-refractivity contribution is -0.118. The Labute approximate surface area is 117 Å². The van der Waals surface area contributed by atoms with Crippen LogP contribution in [-0.4, -0.2) is 28.7 Å². The summed E-state index contributed by atoms with van der Waals surface area (Å²) in [5.41, 5.74) is 8.34.